The summed E-state index contributed by atoms with van der Waals surface area (Å²) in [5.74, 6) is -0.445. The first kappa shape index (κ1) is 15.8. The molecule has 0 fully saturated rings. The Hall–Kier alpha value is -1.30. The molecule has 2 amide bonds. The Bertz CT molecular complexity index is 480. The summed E-state index contributed by atoms with van der Waals surface area (Å²) in [4.78, 5) is 24.0. The predicted molar refractivity (Wildman–Crippen MR) is 73.3 cm³/mol. The summed E-state index contributed by atoms with van der Waals surface area (Å²) in [5, 5.41) is 3.16. The van der Waals surface area contributed by atoms with Crippen molar-refractivity contribution < 1.29 is 14.3 Å². The summed E-state index contributed by atoms with van der Waals surface area (Å²) >= 11 is 11.8. The van der Waals surface area contributed by atoms with E-state index >= 15 is 0 Å². The van der Waals surface area contributed by atoms with Crippen molar-refractivity contribution in [3.05, 3.63) is 33.8 Å². The largest absolute Gasteiger partial charge is 0.453 e. The number of ether oxygens (including phenoxy) is 1. The van der Waals surface area contributed by atoms with Crippen LogP contribution in [0.3, 0.4) is 0 Å². The van der Waals surface area contributed by atoms with Crippen LogP contribution in [0.25, 0.3) is 0 Å². The van der Waals surface area contributed by atoms with Gasteiger partial charge in [-0.2, -0.15) is 0 Å². The van der Waals surface area contributed by atoms with Crippen LogP contribution in [-0.2, 0) is 16.1 Å². The Balaban J connectivity index is 2.53. The smallest absolute Gasteiger partial charge is 0.413 e. The van der Waals surface area contributed by atoms with Crippen LogP contribution >= 0.6 is 23.2 Å². The van der Waals surface area contributed by atoms with E-state index in [-0.39, 0.29) is 6.54 Å². The summed E-state index contributed by atoms with van der Waals surface area (Å²) in [6.07, 6.45) is -0.775. The molecular formula is C12H14Cl2N2O3. The maximum Gasteiger partial charge on any atom is 0.413 e. The fraction of sp³-hybridized carbons (Fsp3) is 0.333. The molecule has 0 atom stereocenters. The summed E-state index contributed by atoms with van der Waals surface area (Å²) in [6.45, 7) is 0.513. The number of hydrogen-bond donors (Lipinski definition) is 1. The number of carbonyl (C=O) groups excluding carboxylic acids is 2. The van der Waals surface area contributed by atoms with Crippen LogP contribution in [0, 0.1) is 0 Å². The molecule has 0 heterocycles. The van der Waals surface area contributed by atoms with E-state index in [0.29, 0.717) is 16.6 Å². The lowest BCUT2D eigenvalue weighted by atomic mass is 10.2. The Morgan fingerprint density at radius 3 is 2.63 bits per heavy atom. The first-order valence-corrected chi connectivity index (χ1v) is 6.18. The zero-order valence-corrected chi connectivity index (χ0v) is 12.1. The molecule has 0 saturated carbocycles. The number of hydrogen-bond acceptors (Lipinski definition) is 4. The number of nitrogens with zero attached hydrogens (tertiary/aromatic N) is 1. The van der Waals surface area contributed by atoms with Gasteiger partial charge in [-0.25, -0.2) is 4.79 Å². The molecule has 1 aromatic carbocycles. The first-order chi connectivity index (χ1) is 8.92. The van der Waals surface area contributed by atoms with Crippen molar-refractivity contribution in [1.82, 2.24) is 10.2 Å². The number of carbonyl (C=O) groups is 2. The molecule has 5 nitrogen and oxygen atoms in total. The highest BCUT2D eigenvalue weighted by Crippen LogP contribution is 2.21. The second-order valence-corrected chi connectivity index (χ2v) is 4.79. The van der Waals surface area contributed by atoms with Gasteiger partial charge in [-0.05, 0) is 24.7 Å². The fourth-order valence-electron chi connectivity index (χ4n) is 1.45. The Labute approximate surface area is 121 Å². The Kier molecular flexibility index (Phi) is 6.08. The number of halogens is 2. The van der Waals surface area contributed by atoms with Crippen molar-refractivity contribution in [1.29, 1.82) is 0 Å². The predicted octanol–water partition coefficient (Wildman–Crippen LogP) is 2.31. The molecule has 0 aliphatic heterocycles. The molecule has 1 rings (SSSR count). The molecule has 0 aliphatic rings. The highest BCUT2D eigenvalue weighted by molar-refractivity contribution is 6.35. The van der Waals surface area contributed by atoms with Crippen molar-refractivity contribution in [2.45, 2.75) is 6.54 Å². The lowest BCUT2D eigenvalue weighted by molar-refractivity contribution is -0.121. The lowest BCUT2D eigenvalue weighted by Gasteiger charge is -2.16. The van der Waals surface area contributed by atoms with Gasteiger partial charge >= 0.3 is 6.09 Å². The van der Waals surface area contributed by atoms with Crippen molar-refractivity contribution in [3.8, 4) is 0 Å². The van der Waals surface area contributed by atoms with Crippen LogP contribution in [0.4, 0.5) is 4.79 Å². The standard InChI is InChI=1S/C12H14Cl2N2O3/c1-16(7-11(17)15-12(18)19-2)6-8-3-4-9(13)5-10(8)14/h3-5H,6-7H2,1-2H3,(H,15,17,18). The zero-order valence-electron chi connectivity index (χ0n) is 10.6. The van der Waals surface area contributed by atoms with Crippen LogP contribution in [0.1, 0.15) is 5.56 Å². The average molecular weight is 305 g/mol. The minimum atomic E-state index is -0.775. The molecule has 1 aromatic rings. The minimum Gasteiger partial charge on any atom is -0.453 e. The van der Waals surface area contributed by atoms with E-state index in [1.165, 1.54) is 7.11 Å². The van der Waals surface area contributed by atoms with Crippen LogP contribution < -0.4 is 5.32 Å². The maximum atomic E-state index is 11.4. The molecule has 1 N–H and O–H groups in total. The van der Waals surface area contributed by atoms with Gasteiger partial charge in [0.1, 0.15) is 0 Å². The lowest BCUT2D eigenvalue weighted by Crippen LogP contribution is -2.38. The van der Waals surface area contributed by atoms with Crippen molar-refractivity contribution in [2.24, 2.45) is 0 Å². The van der Waals surface area contributed by atoms with E-state index < -0.39 is 12.0 Å². The molecular weight excluding hydrogens is 291 g/mol. The van der Waals surface area contributed by atoms with E-state index in [4.69, 9.17) is 23.2 Å². The molecule has 0 radical (unpaired) electrons. The summed E-state index contributed by atoms with van der Waals surface area (Å²) in [7, 11) is 2.93. The molecule has 0 saturated heterocycles. The summed E-state index contributed by atoms with van der Waals surface area (Å²) in [5.41, 5.74) is 0.847. The van der Waals surface area contributed by atoms with Gasteiger partial charge in [0.05, 0.1) is 13.7 Å². The minimum absolute atomic E-state index is 0.0497. The highest BCUT2D eigenvalue weighted by Gasteiger charge is 2.12. The second-order valence-electron chi connectivity index (χ2n) is 3.95. The SMILES string of the molecule is COC(=O)NC(=O)CN(C)Cc1ccc(Cl)cc1Cl. The topological polar surface area (TPSA) is 58.6 Å². The zero-order chi connectivity index (χ0) is 14.4. The van der Waals surface area contributed by atoms with Crippen LogP contribution in [0.5, 0.6) is 0 Å². The van der Waals surface area contributed by atoms with Crippen molar-refractivity contribution in [2.75, 3.05) is 20.7 Å². The third-order valence-corrected chi connectivity index (χ3v) is 2.88. The van der Waals surface area contributed by atoms with E-state index in [2.05, 4.69) is 10.1 Å². The van der Waals surface area contributed by atoms with Gasteiger partial charge in [0.15, 0.2) is 0 Å². The van der Waals surface area contributed by atoms with Gasteiger partial charge in [-0.1, -0.05) is 29.3 Å². The van der Waals surface area contributed by atoms with Gasteiger partial charge in [0.25, 0.3) is 0 Å². The molecule has 0 bridgehead atoms. The number of benzene rings is 1. The van der Waals surface area contributed by atoms with Gasteiger partial charge in [0.2, 0.25) is 5.91 Å². The van der Waals surface area contributed by atoms with E-state index in [9.17, 15) is 9.59 Å². The Morgan fingerprint density at radius 2 is 2.05 bits per heavy atom. The van der Waals surface area contributed by atoms with E-state index in [1.54, 1.807) is 30.1 Å². The number of alkyl carbamates (subject to hydrolysis) is 1. The number of rotatable bonds is 4. The third-order valence-electron chi connectivity index (χ3n) is 2.30. The number of methoxy groups -OCH3 is 1. The quantitative estimate of drug-likeness (QED) is 0.927. The van der Waals surface area contributed by atoms with Gasteiger partial charge in [0, 0.05) is 16.6 Å². The molecule has 104 valence electrons. The van der Waals surface area contributed by atoms with Crippen LogP contribution in [-0.4, -0.2) is 37.6 Å². The van der Waals surface area contributed by atoms with E-state index in [0.717, 1.165) is 5.56 Å². The molecule has 0 aliphatic carbocycles. The second kappa shape index (κ2) is 7.33. The highest BCUT2D eigenvalue weighted by atomic mass is 35.5. The number of amides is 2. The van der Waals surface area contributed by atoms with Crippen molar-refractivity contribution in [3.63, 3.8) is 0 Å². The Morgan fingerprint density at radius 1 is 1.37 bits per heavy atom. The summed E-state index contributed by atoms with van der Waals surface area (Å²) in [6, 6.07) is 5.16. The number of imide groups is 1. The summed E-state index contributed by atoms with van der Waals surface area (Å²) < 4.78 is 4.33. The van der Waals surface area contributed by atoms with Gasteiger partial charge in [-0.15, -0.1) is 0 Å². The molecule has 0 spiro atoms. The van der Waals surface area contributed by atoms with E-state index in [1.807, 2.05) is 0 Å². The monoisotopic (exact) mass is 304 g/mol. The first-order valence-electron chi connectivity index (χ1n) is 5.42. The number of nitrogens with one attached hydrogen (secondary N) is 1. The molecule has 0 unspecified atom stereocenters. The molecule has 19 heavy (non-hydrogen) atoms. The van der Waals surface area contributed by atoms with Crippen LogP contribution in [0.15, 0.2) is 18.2 Å². The van der Waals surface area contributed by atoms with Gasteiger partial charge < -0.3 is 4.74 Å². The van der Waals surface area contributed by atoms with Crippen molar-refractivity contribution >= 4 is 35.2 Å². The fourth-order valence-corrected chi connectivity index (χ4v) is 1.91. The number of likely N-dealkylation sites (N-methyl/N-ethyl adjacent to an activating group) is 1. The molecule has 7 heteroatoms. The normalized spacial score (nSPS) is 10.4. The maximum absolute atomic E-state index is 11.4. The average Bonchev–Trinajstić information content (AvgIpc) is 2.32. The van der Waals surface area contributed by atoms with Gasteiger partial charge in [-0.3, -0.25) is 15.0 Å². The third kappa shape index (κ3) is 5.46. The molecule has 0 aromatic heterocycles. The van der Waals surface area contributed by atoms with Crippen LogP contribution in [0.2, 0.25) is 10.0 Å².